The van der Waals surface area contributed by atoms with Gasteiger partial charge >= 0.3 is 23.9 Å². The first-order valence-corrected chi connectivity index (χ1v) is 38.1. The molecule has 10 heterocycles. The number of hydrogen-bond donors (Lipinski definition) is 4. The van der Waals surface area contributed by atoms with Crippen molar-refractivity contribution in [3.63, 3.8) is 0 Å². The molecule has 562 valence electrons. The number of aromatic nitrogens is 4. The standard InChI is InChI=1S/C40H42N4O8.C20H28N2O5.C20H16N2O4.C2H6/c1-2-40(30-18-32-35-28(17-27-5-3-4-6-31(27)42-35)21-43(32)37(48)29(30)22-51-39(40)50)52-38(49)26-13-7-23(8-14-26)19-41-36(47)25-11-9-24(10-12-25)20-44-33(45)15-16-34(44)46;23-17-9-10-18(24)22(17)12-14-3-5-15(6-4-14)19(25)21-11-13-1-7-16(8-2-13)20(26)27;1-2-20(25)14-8-16-17-12(7-11-5-3-4-6-15(11)21-17)9-22(16)18(23)13(14)10-26-19(20)24;1-2/h3-6,15-18,23-26H,2,7-14,19-22H2,1H3,(H,41,47);9-10,13-16H,1-8,11-12H2,(H,21,25)(H,26,27);3-8,25H,2,9-10H2,1H3;1-2H3/t23?,24?,25?,26?,40-;;20-;/m0.0./s1. The van der Waals surface area contributed by atoms with Gasteiger partial charge in [0.1, 0.15) is 13.2 Å². The molecule has 4 saturated carbocycles. The Labute approximate surface area is 618 Å². The van der Waals surface area contributed by atoms with Gasteiger partial charge < -0.3 is 44.2 Å². The smallest absolute Gasteiger partial charge is 0.355 e. The number of carbonyl (C=O) groups excluding carboxylic acids is 9. The number of benzene rings is 2. The van der Waals surface area contributed by atoms with Crippen LogP contribution in [0.3, 0.4) is 0 Å². The molecule has 16 rings (SSSR count). The van der Waals surface area contributed by atoms with Gasteiger partial charge in [-0.3, -0.25) is 57.7 Å². The Hall–Kier alpha value is -10.3. The topological polar surface area (TPSA) is 339 Å². The maximum atomic E-state index is 13.9. The lowest BCUT2D eigenvalue weighted by molar-refractivity contribution is -0.192. The van der Waals surface area contributed by atoms with Crippen LogP contribution in [-0.2, 0) is 99.7 Å². The van der Waals surface area contributed by atoms with Crippen LogP contribution in [0.1, 0.15) is 177 Å². The van der Waals surface area contributed by atoms with Gasteiger partial charge in [-0.25, -0.2) is 19.6 Å². The molecule has 107 heavy (non-hydrogen) atoms. The number of carboxylic acids is 1. The Balaban J connectivity index is 0.000000154. The molecule has 4 aliphatic carbocycles. The van der Waals surface area contributed by atoms with E-state index in [1.807, 2.05) is 74.5 Å². The van der Waals surface area contributed by atoms with Gasteiger partial charge in [-0.1, -0.05) is 64.1 Å². The lowest BCUT2D eigenvalue weighted by Crippen LogP contribution is -2.48. The summed E-state index contributed by atoms with van der Waals surface area (Å²) >= 11 is 0. The molecule has 0 spiro atoms. The Kier molecular flexibility index (Phi) is 22.2. The number of esters is 3. The van der Waals surface area contributed by atoms with Gasteiger partial charge in [0.15, 0.2) is 5.60 Å². The number of imide groups is 2. The minimum absolute atomic E-state index is 0.000264. The molecule has 0 saturated heterocycles. The number of ether oxygens (including phenoxy) is 3. The van der Waals surface area contributed by atoms with Crippen molar-refractivity contribution in [1.82, 2.24) is 39.5 Å². The summed E-state index contributed by atoms with van der Waals surface area (Å²) in [5.41, 5.74) is 3.47. The van der Waals surface area contributed by atoms with E-state index < -0.39 is 41.0 Å². The molecule has 6 amide bonds. The van der Waals surface area contributed by atoms with E-state index in [0.29, 0.717) is 110 Å². The predicted molar refractivity (Wildman–Crippen MR) is 391 cm³/mol. The fraction of sp³-hybridized carbons (Fsp3) is 0.488. The molecule has 0 radical (unpaired) electrons. The van der Waals surface area contributed by atoms with E-state index in [9.17, 15) is 62.6 Å². The van der Waals surface area contributed by atoms with Gasteiger partial charge in [-0.2, -0.15) is 0 Å². The summed E-state index contributed by atoms with van der Waals surface area (Å²) in [5.74, 6) is -3.12. The van der Waals surface area contributed by atoms with Crippen molar-refractivity contribution in [2.24, 2.45) is 47.3 Å². The number of pyridine rings is 4. The van der Waals surface area contributed by atoms with Crippen molar-refractivity contribution < 1.29 is 72.4 Å². The van der Waals surface area contributed by atoms with E-state index in [2.05, 4.69) is 10.6 Å². The van der Waals surface area contributed by atoms with Crippen molar-refractivity contribution in [3.05, 3.63) is 151 Å². The normalized spacial score (nSPS) is 25.8. The number of aliphatic hydroxyl groups is 1. The number of nitrogens with zero attached hydrogens (tertiary/aromatic N) is 6. The molecule has 6 aliphatic heterocycles. The molecule has 10 aliphatic rings. The maximum absolute atomic E-state index is 13.9. The molecule has 2 atom stereocenters. The van der Waals surface area contributed by atoms with E-state index in [-0.39, 0.29) is 108 Å². The summed E-state index contributed by atoms with van der Waals surface area (Å²) in [5, 5.41) is 28.0. The first-order valence-electron chi connectivity index (χ1n) is 38.1. The predicted octanol–water partition coefficient (Wildman–Crippen LogP) is 9.12. The second-order valence-corrected chi connectivity index (χ2v) is 29.9. The third kappa shape index (κ3) is 15.0. The van der Waals surface area contributed by atoms with Crippen molar-refractivity contribution in [1.29, 1.82) is 0 Å². The summed E-state index contributed by atoms with van der Waals surface area (Å²) < 4.78 is 20.1. The Morgan fingerprint density at radius 3 is 1.33 bits per heavy atom. The first-order chi connectivity index (χ1) is 51.6. The second-order valence-electron chi connectivity index (χ2n) is 29.9. The van der Waals surface area contributed by atoms with Gasteiger partial charge in [-0.05, 0) is 176 Å². The van der Waals surface area contributed by atoms with E-state index in [0.717, 1.165) is 116 Å². The summed E-state index contributed by atoms with van der Waals surface area (Å²) in [6.07, 6.45) is 17.4. The van der Waals surface area contributed by atoms with E-state index in [4.69, 9.17) is 29.3 Å². The number of cyclic esters (lactones) is 2. The van der Waals surface area contributed by atoms with Crippen LogP contribution in [0.2, 0.25) is 0 Å². The van der Waals surface area contributed by atoms with Crippen LogP contribution >= 0.6 is 0 Å². The molecule has 25 nitrogen and oxygen atoms in total. The Bertz CT molecular complexity index is 4720. The van der Waals surface area contributed by atoms with Crippen LogP contribution < -0.4 is 21.8 Å². The zero-order chi connectivity index (χ0) is 75.6. The zero-order valence-electron chi connectivity index (χ0n) is 60.9. The monoisotopic (exact) mass is 1460 g/mol. The molecule has 0 bridgehead atoms. The molecule has 6 aromatic rings. The third-order valence-electron chi connectivity index (χ3n) is 23.7. The van der Waals surface area contributed by atoms with Crippen molar-refractivity contribution in [2.45, 2.75) is 181 Å². The average molecular weight is 1460 g/mol. The van der Waals surface area contributed by atoms with Crippen molar-refractivity contribution in [3.8, 4) is 22.8 Å². The number of nitrogens with one attached hydrogen (secondary N) is 2. The number of rotatable bonds is 15. The van der Waals surface area contributed by atoms with Crippen LogP contribution in [0.5, 0.6) is 0 Å². The van der Waals surface area contributed by atoms with Crippen molar-refractivity contribution >= 4 is 81.1 Å². The highest BCUT2D eigenvalue weighted by atomic mass is 16.6. The van der Waals surface area contributed by atoms with Gasteiger partial charge in [0, 0.05) is 95.3 Å². The molecule has 4 fully saturated rings. The number of aliphatic carboxylic acids is 1. The number of amides is 6. The molecular formula is C82H92N8O17. The van der Waals surface area contributed by atoms with Crippen LogP contribution in [0.25, 0.3) is 44.6 Å². The summed E-state index contributed by atoms with van der Waals surface area (Å²) in [7, 11) is 0. The van der Waals surface area contributed by atoms with E-state index in [1.54, 1.807) is 35.1 Å². The summed E-state index contributed by atoms with van der Waals surface area (Å²) in [6, 6.07) is 23.1. The van der Waals surface area contributed by atoms with E-state index >= 15 is 0 Å². The number of carboxylic acid groups (broad SMARTS) is 1. The minimum atomic E-state index is -1.79. The van der Waals surface area contributed by atoms with Gasteiger partial charge in [0.25, 0.3) is 34.7 Å². The largest absolute Gasteiger partial charge is 0.481 e. The van der Waals surface area contributed by atoms with Gasteiger partial charge in [-0.15, -0.1) is 0 Å². The SMILES string of the molecule is CC.CC[C@@]1(O)C(=O)OCc2c1cc1n(c2=O)Cc2cc3ccccc3nc2-1.CC[C@@]1(OC(=O)C2CCC(CNC(=O)C3CCC(CN4C(=O)C=CC4=O)CC3)CC2)C(=O)OCc2c1cc1n(c2=O)Cc2cc3ccccc3nc2-1.O=C(O)C1CCC(CNC(=O)C2CCC(CN3C(=O)C=CC3=O)CC2)CC1. The fourth-order valence-corrected chi connectivity index (χ4v) is 17.2. The van der Waals surface area contributed by atoms with Crippen LogP contribution in [0.4, 0.5) is 0 Å². The molecule has 4 N–H and O–H groups in total. The lowest BCUT2D eigenvalue weighted by Gasteiger charge is -2.37. The molecular weight excluding hydrogens is 1370 g/mol. The lowest BCUT2D eigenvalue weighted by atomic mass is 9.80. The minimum Gasteiger partial charge on any atom is -0.481 e. The zero-order valence-corrected chi connectivity index (χ0v) is 60.9. The highest BCUT2D eigenvalue weighted by Crippen LogP contribution is 2.44. The average Bonchev–Trinajstić information content (AvgIpc) is 1.57. The van der Waals surface area contributed by atoms with Crippen LogP contribution in [0.15, 0.2) is 107 Å². The highest BCUT2D eigenvalue weighted by molar-refractivity contribution is 6.13. The number of para-hydroxylation sites is 2. The highest BCUT2D eigenvalue weighted by Gasteiger charge is 2.52. The quantitative estimate of drug-likeness (QED) is 0.0422. The first kappa shape index (κ1) is 75.0. The molecule has 0 unspecified atom stereocenters. The Morgan fingerprint density at radius 1 is 0.505 bits per heavy atom. The Morgan fingerprint density at radius 2 is 0.897 bits per heavy atom. The van der Waals surface area contributed by atoms with Crippen molar-refractivity contribution in [2.75, 3.05) is 26.2 Å². The molecule has 25 heteroatoms. The maximum Gasteiger partial charge on any atom is 0.355 e. The summed E-state index contributed by atoms with van der Waals surface area (Å²) in [4.78, 5) is 162. The molecule has 2 aromatic carbocycles. The molecule has 4 aromatic heterocycles. The van der Waals surface area contributed by atoms with Gasteiger partial charge in [0.2, 0.25) is 17.4 Å². The number of fused-ring (bicyclic) bond motifs is 10. The second kappa shape index (κ2) is 31.6. The summed E-state index contributed by atoms with van der Waals surface area (Å²) in [6.45, 7) is 9.95. The number of hydrogen-bond acceptors (Lipinski definition) is 18. The van der Waals surface area contributed by atoms with Crippen LogP contribution in [-0.4, -0.2) is 125 Å². The van der Waals surface area contributed by atoms with E-state index in [1.165, 1.54) is 34.1 Å². The number of carbonyl (C=O) groups is 10. The van der Waals surface area contributed by atoms with Gasteiger partial charge in [0.05, 0.1) is 69.9 Å². The fourth-order valence-electron chi connectivity index (χ4n) is 17.2. The third-order valence-corrected chi connectivity index (χ3v) is 23.7. The van der Waals surface area contributed by atoms with Crippen LogP contribution in [0, 0.1) is 47.3 Å².